The quantitative estimate of drug-likeness (QED) is 0.888. The van der Waals surface area contributed by atoms with E-state index in [-0.39, 0.29) is 5.91 Å². The van der Waals surface area contributed by atoms with E-state index >= 15 is 0 Å². The third-order valence-corrected chi connectivity index (χ3v) is 3.63. The number of hydrogen-bond acceptors (Lipinski definition) is 4. The van der Waals surface area contributed by atoms with Crippen LogP contribution < -0.4 is 0 Å². The van der Waals surface area contributed by atoms with Crippen molar-refractivity contribution in [1.82, 2.24) is 10.1 Å². The van der Waals surface area contributed by atoms with Gasteiger partial charge < -0.3 is 14.5 Å². The second-order valence-corrected chi connectivity index (χ2v) is 4.89. The fraction of sp³-hybridized carbons (Fsp3) is 0.615. The van der Waals surface area contributed by atoms with E-state index in [0.29, 0.717) is 25.8 Å². The average Bonchev–Trinajstić information content (AvgIpc) is 2.95. The van der Waals surface area contributed by atoms with Crippen LogP contribution in [0.5, 0.6) is 0 Å². The second-order valence-electron chi connectivity index (χ2n) is 4.89. The average molecular weight is 266 g/mol. The van der Waals surface area contributed by atoms with Crippen LogP contribution in [0.25, 0.3) is 0 Å². The molecule has 1 aliphatic rings. The van der Waals surface area contributed by atoms with E-state index in [9.17, 15) is 9.59 Å². The lowest BCUT2D eigenvalue weighted by molar-refractivity contribution is -0.148. The summed E-state index contributed by atoms with van der Waals surface area (Å²) in [6.07, 6.45) is 2.15. The minimum absolute atomic E-state index is 0.107. The first kappa shape index (κ1) is 13.6. The van der Waals surface area contributed by atoms with E-state index in [4.69, 9.17) is 9.63 Å². The molecular weight excluding hydrogens is 248 g/mol. The van der Waals surface area contributed by atoms with Gasteiger partial charge in [-0.3, -0.25) is 4.79 Å². The molecule has 1 N–H and O–H groups in total. The molecule has 6 heteroatoms. The fourth-order valence-corrected chi connectivity index (χ4v) is 2.56. The first-order valence-corrected chi connectivity index (χ1v) is 6.44. The number of carboxylic acids is 1. The molecule has 0 bridgehead atoms. The molecule has 1 aromatic rings. The van der Waals surface area contributed by atoms with E-state index in [1.54, 1.807) is 0 Å². The predicted molar refractivity (Wildman–Crippen MR) is 66.7 cm³/mol. The molecule has 0 aromatic carbocycles. The summed E-state index contributed by atoms with van der Waals surface area (Å²) >= 11 is 0. The Bertz CT molecular complexity index is 475. The highest BCUT2D eigenvalue weighted by Gasteiger charge is 2.33. The number of likely N-dealkylation sites (tertiary alicyclic amines) is 1. The van der Waals surface area contributed by atoms with Crippen LogP contribution in [0.1, 0.15) is 36.3 Å². The van der Waals surface area contributed by atoms with E-state index in [1.807, 2.05) is 13.8 Å². The van der Waals surface area contributed by atoms with Gasteiger partial charge in [-0.1, -0.05) is 5.16 Å². The SMILES string of the molecule is Cc1noc(C)c1CCC(=O)N1CCCC1C(=O)O. The van der Waals surface area contributed by atoms with Crippen molar-refractivity contribution in [2.75, 3.05) is 6.54 Å². The van der Waals surface area contributed by atoms with Crippen LogP contribution in [0.4, 0.5) is 0 Å². The van der Waals surface area contributed by atoms with Crippen LogP contribution in [-0.4, -0.2) is 39.6 Å². The number of aromatic nitrogens is 1. The smallest absolute Gasteiger partial charge is 0.326 e. The van der Waals surface area contributed by atoms with Gasteiger partial charge in [0.2, 0.25) is 5.91 Å². The summed E-state index contributed by atoms with van der Waals surface area (Å²) in [6.45, 7) is 4.19. The first-order chi connectivity index (χ1) is 9.00. The second kappa shape index (κ2) is 5.42. The van der Waals surface area contributed by atoms with Crippen LogP contribution in [0.3, 0.4) is 0 Å². The zero-order chi connectivity index (χ0) is 14.0. The monoisotopic (exact) mass is 266 g/mol. The van der Waals surface area contributed by atoms with Gasteiger partial charge in [0.05, 0.1) is 5.69 Å². The molecule has 2 rings (SSSR count). The molecule has 1 amide bonds. The van der Waals surface area contributed by atoms with Crippen molar-refractivity contribution in [3.05, 3.63) is 17.0 Å². The fourth-order valence-electron chi connectivity index (χ4n) is 2.56. The summed E-state index contributed by atoms with van der Waals surface area (Å²) < 4.78 is 5.04. The molecule has 0 aliphatic carbocycles. The molecule has 1 unspecified atom stereocenters. The van der Waals surface area contributed by atoms with Gasteiger partial charge >= 0.3 is 5.97 Å². The number of amides is 1. The molecule has 1 aromatic heterocycles. The Labute approximate surface area is 111 Å². The Morgan fingerprint density at radius 1 is 1.47 bits per heavy atom. The molecule has 1 atom stereocenters. The highest BCUT2D eigenvalue weighted by molar-refractivity contribution is 5.84. The molecular formula is C13H18N2O4. The highest BCUT2D eigenvalue weighted by Crippen LogP contribution is 2.20. The standard InChI is InChI=1S/C13H18N2O4/c1-8-10(9(2)19-14-8)5-6-12(16)15-7-3-4-11(15)13(17)18/h11H,3-7H2,1-2H3,(H,17,18). The van der Waals surface area contributed by atoms with Crippen molar-refractivity contribution >= 4 is 11.9 Å². The summed E-state index contributed by atoms with van der Waals surface area (Å²) in [6, 6.07) is -0.655. The van der Waals surface area contributed by atoms with E-state index in [1.165, 1.54) is 4.90 Å². The minimum Gasteiger partial charge on any atom is -0.480 e. The topological polar surface area (TPSA) is 83.6 Å². The van der Waals surface area contributed by atoms with Gasteiger partial charge in [0.25, 0.3) is 0 Å². The van der Waals surface area contributed by atoms with Crippen LogP contribution in [0.15, 0.2) is 4.52 Å². The van der Waals surface area contributed by atoms with Gasteiger partial charge in [-0.05, 0) is 33.1 Å². The Morgan fingerprint density at radius 2 is 2.21 bits per heavy atom. The Kier molecular flexibility index (Phi) is 3.87. The maximum Gasteiger partial charge on any atom is 0.326 e. The number of aliphatic carboxylic acids is 1. The normalized spacial score (nSPS) is 18.8. The van der Waals surface area contributed by atoms with Crippen molar-refractivity contribution in [3.8, 4) is 0 Å². The molecule has 0 radical (unpaired) electrons. The number of hydrogen-bond donors (Lipinski definition) is 1. The van der Waals surface area contributed by atoms with Crippen molar-refractivity contribution < 1.29 is 19.2 Å². The first-order valence-electron chi connectivity index (χ1n) is 6.44. The van der Waals surface area contributed by atoms with E-state index in [2.05, 4.69) is 5.16 Å². The van der Waals surface area contributed by atoms with Crippen molar-refractivity contribution in [3.63, 3.8) is 0 Å². The molecule has 2 heterocycles. The molecule has 19 heavy (non-hydrogen) atoms. The maximum atomic E-state index is 12.1. The van der Waals surface area contributed by atoms with Gasteiger partial charge in [0.15, 0.2) is 0 Å². The summed E-state index contributed by atoms with van der Waals surface area (Å²) in [7, 11) is 0. The summed E-state index contributed by atoms with van der Waals surface area (Å²) in [5.41, 5.74) is 1.74. The van der Waals surface area contributed by atoms with Gasteiger partial charge in [-0.2, -0.15) is 0 Å². The zero-order valence-corrected chi connectivity index (χ0v) is 11.2. The lowest BCUT2D eigenvalue weighted by atomic mass is 10.1. The predicted octanol–water partition coefficient (Wildman–Crippen LogP) is 1.30. The van der Waals surface area contributed by atoms with Gasteiger partial charge in [0.1, 0.15) is 11.8 Å². The van der Waals surface area contributed by atoms with Gasteiger partial charge in [-0.15, -0.1) is 0 Å². The van der Waals surface area contributed by atoms with Gasteiger partial charge in [-0.25, -0.2) is 4.79 Å². The third kappa shape index (κ3) is 2.77. The van der Waals surface area contributed by atoms with Crippen LogP contribution >= 0.6 is 0 Å². The van der Waals surface area contributed by atoms with Crippen LogP contribution in [0.2, 0.25) is 0 Å². The Morgan fingerprint density at radius 3 is 2.79 bits per heavy atom. The van der Waals surface area contributed by atoms with Crippen LogP contribution in [0, 0.1) is 13.8 Å². The molecule has 1 saturated heterocycles. The van der Waals surface area contributed by atoms with Crippen molar-refractivity contribution in [1.29, 1.82) is 0 Å². The third-order valence-electron chi connectivity index (χ3n) is 3.63. The summed E-state index contributed by atoms with van der Waals surface area (Å²) in [5.74, 6) is -0.297. The van der Waals surface area contributed by atoms with Crippen molar-refractivity contribution in [2.45, 2.75) is 45.6 Å². The summed E-state index contributed by atoms with van der Waals surface area (Å²) in [4.78, 5) is 24.6. The molecule has 104 valence electrons. The number of carbonyl (C=O) groups excluding carboxylic acids is 1. The largest absolute Gasteiger partial charge is 0.480 e. The van der Waals surface area contributed by atoms with Crippen LogP contribution in [-0.2, 0) is 16.0 Å². The number of carboxylic acid groups (broad SMARTS) is 1. The molecule has 0 saturated carbocycles. The zero-order valence-electron chi connectivity index (χ0n) is 11.2. The number of aryl methyl sites for hydroxylation is 2. The van der Waals surface area contributed by atoms with E-state index < -0.39 is 12.0 Å². The highest BCUT2D eigenvalue weighted by atomic mass is 16.5. The molecule has 6 nitrogen and oxygen atoms in total. The Hall–Kier alpha value is -1.85. The maximum absolute atomic E-state index is 12.1. The number of nitrogens with zero attached hydrogens (tertiary/aromatic N) is 2. The molecule has 1 aliphatic heterocycles. The minimum atomic E-state index is -0.914. The van der Waals surface area contributed by atoms with Crippen molar-refractivity contribution in [2.24, 2.45) is 0 Å². The molecule has 0 spiro atoms. The number of rotatable bonds is 4. The van der Waals surface area contributed by atoms with E-state index in [0.717, 1.165) is 23.4 Å². The van der Waals surface area contributed by atoms with Gasteiger partial charge in [0, 0.05) is 18.5 Å². The lowest BCUT2D eigenvalue weighted by Crippen LogP contribution is -2.40. The number of carbonyl (C=O) groups is 2. The Balaban J connectivity index is 1.96. The summed E-state index contributed by atoms with van der Waals surface area (Å²) in [5, 5.41) is 12.9. The molecule has 1 fully saturated rings. The lowest BCUT2D eigenvalue weighted by Gasteiger charge is -2.21.